The van der Waals surface area contributed by atoms with E-state index in [4.69, 9.17) is 0 Å². The zero-order valence-electron chi connectivity index (χ0n) is 12.2. The van der Waals surface area contributed by atoms with E-state index >= 15 is 0 Å². The molecule has 0 amide bonds. The molecule has 3 nitrogen and oxygen atoms in total. The molecule has 0 saturated heterocycles. The lowest BCUT2D eigenvalue weighted by Crippen LogP contribution is -2.25. The predicted octanol–water partition coefficient (Wildman–Crippen LogP) is 3.37. The number of alkyl halides is 3. The van der Waals surface area contributed by atoms with Crippen LogP contribution in [0.25, 0.3) is 0 Å². The first-order chi connectivity index (χ1) is 9.33. The monoisotopic (exact) mass is 292 g/mol. The third-order valence-electron chi connectivity index (χ3n) is 2.98. The average Bonchev–Trinajstić information content (AvgIpc) is 2.78. The van der Waals surface area contributed by atoms with E-state index in [1.54, 1.807) is 0 Å². The topological polar surface area (TPSA) is 26.2 Å². The van der Waals surface area contributed by atoms with Crippen molar-refractivity contribution in [2.45, 2.75) is 39.5 Å². The van der Waals surface area contributed by atoms with Crippen molar-refractivity contribution in [3.8, 4) is 0 Å². The summed E-state index contributed by atoms with van der Waals surface area (Å²) in [4.78, 5) is 0. The van der Waals surface area contributed by atoms with Gasteiger partial charge in [-0.2, -0.15) is 13.2 Å². The predicted molar refractivity (Wildman–Crippen MR) is 72.6 cm³/mol. The summed E-state index contributed by atoms with van der Waals surface area (Å²) in [7, 11) is 0. The second-order valence-electron chi connectivity index (χ2n) is 5.13. The maximum Gasteiger partial charge on any atom is 0.411 e. The largest absolute Gasteiger partial charge is 0.411 e. The molecule has 1 heterocycles. The molecule has 1 unspecified atom stereocenters. The van der Waals surface area contributed by atoms with Crippen molar-refractivity contribution in [1.29, 1.82) is 0 Å². The van der Waals surface area contributed by atoms with E-state index in [0.29, 0.717) is 12.5 Å². The zero-order valence-corrected chi connectivity index (χ0v) is 12.2. The molecule has 116 valence electrons. The van der Waals surface area contributed by atoms with Gasteiger partial charge in [-0.3, -0.25) is 0 Å². The van der Waals surface area contributed by atoms with Crippen molar-refractivity contribution >= 4 is 0 Å². The Morgan fingerprint density at radius 3 is 2.60 bits per heavy atom. The number of halogens is 3. The van der Waals surface area contributed by atoms with Crippen LogP contribution in [0.15, 0.2) is 18.5 Å². The number of aromatic nitrogens is 1. The van der Waals surface area contributed by atoms with Crippen LogP contribution >= 0.6 is 0 Å². The van der Waals surface area contributed by atoms with E-state index in [2.05, 4.69) is 30.8 Å². The van der Waals surface area contributed by atoms with Gasteiger partial charge < -0.3 is 14.6 Å². The van der Waals surface area contributed by atoms with Gasteiger partial charge in [-0.05, 0) is 24.1 Å². The van der Waals surface area contributed by atoms with E-state index in [-0.39, 0.29) is 12.6 Å². The lowest BCUT2D eigenvalue weighted by atomic mass is 9.98. The Hall–Kier alpha value is -1.01. The van der Waals surface area contributed by atoms with Gasteiger partial charge in [0.1, 0.15) is 6.61 Å². The maximum atomic E-state index is 11.9. The molecule has 0 aliphatic carbocycles. The van der Waals surface area contributed by atoms with Gasteiger partial charge in [-0.15, -0.1) is 0 Å². The summed E-state index contributed by atoms with van der Waals surface area (Å²) in [5, 5.41) is 3.41. The molecular weight excluding hydrogens is 269 g/mol. The fourth-order valence-corrected chi connectivity index (χ4v) is 2.10. The summed E-state index contributed by atoms with van der Waals surface area (Å²) < 4.78 is 42.2. The molecular formula is C14H23F3N2O. The van der Waals surface area contributed by atoms with Crippen LogP contribution in [0.2, 0.25) is 0 Å². The second kappa shape index (κ2) is 7.69. The number of hydrogen-bond acceptors (Lipinski definition) is 2. The van der Waals surface area contributed by atoms with E-state index in [9.17, 15) is 13.2 Å². The molecule has 1 atom stereocenters. The van der Waals surface area contributed by atoms with Crippen LogP contribution in [0.1, 0.15) is 32.4 Å². The highest BCUT2D eigenvalue weighted by Crippen LogP contribution is 2.21. The van der Waals surface area contributed by atoms with Crippen LogP contribution in [0.4, 0.5) is 13.2 Å². The zero-order chi connectivity index (χ0) is 15.2. The van der Waals surface area contributed by atoms with Gasteiger partial charge in [0.2, 0.25) is 0 Å². The van der Waals surface area contributed by atoms with Gasteiger partial charge in [0.05, 0.1) is 6.61 Å². The molecule has 0 radical (unpaired) electrons. The fraction of sp³-hybridized carbons (Fsp3) is 0.714. The minimum absolute atomic E-state index is 0.0567. The molecule has 1 aromatic rings. The third kappa shape index (κ3) is 5.96. The van der Waals surface area contributed by atoms with Crippen LogP contribution in [0.5, 0.6) is 0 Å². The molecule has 1 aromatic heterocycles. The molecule has 6 heteroatoms. The molecule has 0 spiro atoms. The van der Waals surface area contributed by atoms with E-state index in [1.807, 2.05) is 23.0 Å². The first-order valence-electron chi connectivity index (χ1n) is 6.87. The Morgan fingerprint density at radius 2 is 2.05 bits per heavy atom. The quantitative estimate of drug-likeness (QED) is 0.743. The van der Waals surface area contributed by atoms with Crippen LogP contribution in [-0.2, 0) is 11.3 Å². The van der Waals surface area contributed by atoms with Crippen molar-refractivity contribution in [3.63, 3.8) is 0 Å². The minimum atomic E-state index is -4.25. The normalized spacial score (nSPS) is 13.9. The van der Waals surface area contributed by atoms with E-state index in [0.717, 1.165) is 12.1 Å². The summed E-state index contributed by atoms with van der Waals surface area (Å²) in [5.41, 5.74) is 1.15. The summed E-state index contributed by atoms with van der Waals surface area (Å²) in [6.45, 7) is 6.50. The minimum Gasteiger partial charge on any atom is -0.370 e. The van der Waals surface area contributed by atoms with Gasteiger partial charge in [0.25, 0.3) is 0 Å². The first-order valence-corrected chi connectivity index (χ1v) is 6.87. The van der Waals surface area contributed by atoms with Crippen molar-refractivity contribution in [2.24, 2.45) is 5.92 Å². The number of nitrogens with zero attached hydrogens (tertiary/aromatic N) is 1. The van der Waals surface area contributed by atoms with Gasteiger partial charge >= 0.3 is 6.18 Å². The molecule has 0 fully saturated rings. The second-order valence-corrected chi connectivity index (χ2v) is 5.13. The number of hydrogen-bond donors (Lipinski definition) is 1. The van der Waals surface area contributed by atoms with E-state index < -0.39 is 12.8 Å². The Bertz CT molecular complexity index is 388. The highest BCUT2D eigenvalue weighted by atomic mass is 19.4. The van der Waals surface area contributed by atoms with Crippen LogP contribution in [-0.4, -0.2) is 30.5 Å². The van der Waals surface area contributed by atoms with Gasteiger partial charge in [-0.25, -0.2) is 0 Å². The van der Waals surface area contributed by atoms with Crippen molar-refractivity contribution in [1.82, 2.24) is 9.88 Å². The Kier molecular flexibility index (Phi) is 6.55. The first kappa shape index (κ1) is 17.0. The highest BCUT2D eigenvalue weighted by molar-refractivity contribution is 5.16. The molecule has 0 saturated carbocycles. The maximum absolute atomic E-state index is 11.9. The van der Waals surface area contributed by atoms with Crippen LogP contribution in [0.3, 0.4) is 0 Å². The lowest BCUT2D eigenvalue weighted by molar-refractivity contribution is -0.174. The van der Waals surface area contributed by atoms with Crippen molar-refractivity contribution in [2.75, 3.05) is 19.8 Å². The standard InChI is InChI=1S/C14H23F3N2O/c1-4-18-13(11(2)3)12-5-6-19(9-12)7-8-20-10-14(15,16)17/h5-6,9,11,13,18H,4,7-8,10H2,1-3H3. The molecule has 0 bridgehead atoms. The molecule has 1 N–H and O–H groups in total. The number of ether oxygens (including phenoxy) is 1. The summed E-state index contributed by atoms with van der Waals surface area (Å²) >= 11 is 0. The fourth-order valence-electron chi connectivity index (χ4n) is 2.10. The van der Waals surface area contributed by atoms with Crippen LogP contribution < -0.4 is 5.32 Å². The number of nitrogens with one attached hydrogen (secondary N) is 1. The van der Waals surface area contributed by atoms with E-state index in [1.165, 1.54) is 0 Å². The van der Waals surface area contributed by atoms with Gasteiger partial charge in [0, 0.05) is 25.0 Å². The highest BCUT2D eigenvalue weighted by Gasteiger charge is 2.27. The lowest BCUT2D eigenvalue weighted by Gasteiger charge is -2.20. The van der Waals surface area contributed by atoms with Crippen LogP contribution in [0, 0.1) is 5.92 Å². The number of rotatable bonds is 8. The molecule has 20 heavy (non-hydrogen) atoms. The SMILES string of the molecule is CCNC(c1ccn(CCOCC(F)(F)F)c1)C(C)C. The Morgan fingerprint density at radius 1 is 1.35 bits per heavy atom. The third-order valence-corrected chi connectivity index (χ3v) is 2.98. The van der Waals surface area contributed by atoms with Crippen molar-refractivity contribution < 1.29 is 17.9 Å². The Labute approximate surface area is 118 Å². The van der Waals surface area contributed by atoms with Crippen molar-refractivity contribution in [3.05, 3.63) is 24.0 Å². The molecule has 0 aliphatic heterocycles. The van der Waals surface area contributed by atoms with Gasteiger partial charge in [0.15, 0.2) is 0 Å². The summed E-state index contributed by atoms with van der Waals surface area (Å²) in [6.07, 6.45) is -0.418. The Balaban J connectivity index is 2.46. The molecule has 0 aliphatic rings. The average molecular weight is 292 g/mol. The smallest absolute Gasteiger partial charge is 0.370 e. The summed E-state index contributed by atoms with van der Waals surface area (Å²) in [5.74, 6) is 0.451. The summed E-state index contributed by atoms with van der Waals surface area (Å²) in [6, 6.07) is 2.26. The van der Waals surface area contributed by atoms with Gasteiger partial charge in [-0.1, -0.05) is 20.8 Å². The molecule has 0 aromatic carbocycles. The molecule has 1 rings (SSSR count).